The minimum absolute atomic E-state index is 0.151. The molecule has 2 atom stereocenters. The Morgan fingerprint density at radius 1 is 1.37 bits per heavy atom. The van der Waals surface area contributed by atoms with E-state index in [1.807, 2.05) is 30.3 Å². The molecule has 5 nitrogen and oxygen atoms in total. The van der Waals surface area contributed by atoms with E-state index in [0.717, 1.165) is 5.56 Å². The number of ether oxygens (including phenoxy) is 2. The van der Waals surface area contributed by atoms with E-state index in [1.54, 1.807) is 0 Å². The van der Waals surface area contributed by atoms with E-state index in [4.69, 9.17) is 10.5 Å². The van der Waals surface area contributed by atoms with Gasteiger partial charge in [0, 0.05) is 5.92 Å². The molecule has 5 heteroatoms. The number of hydrogen-bond acceptors (Lipinski definition) is 5. The van der Waals surface area contributed by atoms with Gasteiger partial charge in [0.25, 0.3) is 0 Å². The summed E-state index contributed by atoms with van der Waals surface area (Å²) in [5.41, 5.74) is 5.75. The van der Waals surface area contributed by atoms with Crippen molar-refractivity contribution in [2.24, 2.45) is 11.7 Å². The maximum absolute atomic E-state index is 11.6. The van der Waals surface area contributed by atoms with Gasteiger partial charge >= 0.3 is 11.9 Å². The lowest BCUT2D eigenvalue weighted by atomic mass is 10.2. The average Bonchev–Trinajstić information content (AvgIpc) is 3.08. The van der Waals surface area contributed by atoms with Gasteiger partial charge in [-0.15, -0.1) is 0 Å². The van der Waals surface area contributed by atoms with Crippen LogP contribution in [-0.2, 0) is 25.7 Å². The van der Waals surface area contributed by atoms with Crippen LogP contribution in [0.4, 0.5) is 0 Å². The molecule has 0 bridgehead atoms. The Bertz CT molecular complexity index is 474. The second-order valence-electron chi connectivity index (χ2n) is 4.78. The van der Waals surface area contributed by atoms with Crippen LogP contribution in [0.1, 0.15) is 18.4 Å². The smallest absolute Gasteiger partial charge is 0.326 e. The fraction of sp³-hybridized carbons (Fsp3) is 0.429. The molecule has 0 aromatic heterocycles. The predicted molar refractivity (Wildman–Crippen MR) is 67.9 cm³/mol. The molecule has 1 aliphatic carbocycles. The van der Waals surface area contributed by atoms with Crippen LogP contribution in [0, 0.1) is 5.92 Å². The Morgan fingerprint density at radius 3 is 2.68 bits per heavy atom. The fourth-order valence-corrected chi connectivity index (χ4v) is 2.04. The molecule has 102 valence electrons. The van der Waals surface area contributed by atoms with Crippen LogP contribution in [0.3, 0.4) is 0 Å². The van der Waals surface area contributed by atoms with Gasteiger partial charge in [0.05, 0.1) is 13.5 Å². The molecule has 1 aromatic carbocycles. The van der Waals surface area contributed by atoms with Gasteiger partial charge in [-0.1, -0.05) is 30.3 Å². The monoisotopic (exact) mass is 263 g/mol. The van der Waals surface area contributed by atoms with Gasteiger partial charge in [-0.2, -0.15) is 0 Å². The number of esters is 2. The molecule has 0 amide bonds. The van der Waals surface area contributed by atoms with Gasteiger partial charge in [-0.25, -0.2) is 0 Å². The summed E-state index contributed by atoms with van der Waals surface area (Å²) >= 11 is 0. The molecular formula is C14H17NO4. The van der Waals surface area contributed by atoms with Crippen LogP contribution in [-0.4, -0.2) is 24.6 Å². The summed E-state index contributed by atoms with van der Waals surface area (Å²) in [6.45, 7) is 0.238. The lowest BCUT2D eigenvalue weighted by molar-refractivity contribution is -0.146. The minimum atomic E-state index is -0.999. The highest BCUT2D eigenvalue weighted by Gasteiger charge is 2.58. The standard InChI is InChI=1S/C14H17NO4/c1-18-13(17)14(15)8-11(14)7-12(16)19-9-10-5-3-2-4-6-10/h2-6,11H,7-9,15H2,1H3/t11-,14+/m1/s1. The Morgan fingerprint density at radius 2 is 2.05 bits per heavy atom. The first-order valence-electron chi connectivity index (χ1n) is 6.13. The van der Waals surface area contributed by atoms with Gasteiger partial charge in [0.1, 0.15) is 12.1 Å². The SMILES string of the molecule is COC(=O)[C@]1(N)C[C@H]1CC(=O)OCc1ccccc1. The highest BCUT2D eigenvalue weighted by molar-refractivity contribution is 5.86. The maximum atomic E-state index is 11.6. The molecule has 1 aromatic rings. The summed E-state index contributed by atoms with van der Waals surface area (Å²) in [7, 11) is 1.29. The molecular weight excluding hydrogens is 246 g/mol. The van der Waals surface area contributed by atoms with Crippen LogP contribution < -0.4 is 5.73 Å². The van der Waals surface area contributed by atoms with Crippen molar-refractivity contribution in [3.63, 3.8) is 0 Å². The van der Waals surface area contributed by atoms with Gasteiger partial charge in [-0.3, -0.25) is 9.59 Å². The lowest BCUT2D eigenvalue weighted by Gasteiger charge is -2.08. The number of hydrogen-bond donors (Lipinski definition) is 1. The highest BCUT2D eigenvalue weighted by Crippen LogP contribution is 2.44. The fourth-order valence-electron chi connectivity index (χ4n) is 2.04. The maximum Gasteiger partial charge on any atom is 0.326 e. The zero-order valence-corrected chi connectivity index (χ0v) is 10.8. The molecule has 1 saturated carbocycles. The van der Waals surface area contributed by atoms with Crippen molar-refractivity contribution in [1.29, 1.82) is 0 Å². The third kappa shape index (κ3) is 3.12. The molecule has 0 heterocycles. The molecule has 2 rings (SSSR count). The number of benzene rings is 1. The average molecular weight is 263 g/mol. The van der Waals surface area contributed by atoms with Crippen molar-refractivity contribution in [2.45, 2.75) is 25.0 Å². The molecule has 1 fully saturated rings. The van der Waals surface area contributed by atoms with Crippen molar-refractivity contribution < 1.29 is 19.1 Å². The van der Waals surface area contributed by atoms with Crippen molar-refractivity contribution in [1.82, 2.24) is 0 Å². The summed E-state index contributed by atoms with van der Waals surface area (Å²) in [4.78, 5) is 23.0. The van der Waals surface area contributed by atoms with Crippen LogP contribution in [0.5, 0.6) is 0 Å². The molecule has 0 spiro atoms. The molecule has 0 unspecified atom stereocenters. The quantitative estimate of drug-likeness (QED) is 0.802. The summed E-state index contributed by atoms with van der Waals surface area (Å²) in [5, 5.41) is 0. The second kappa shape index (κ2) is 5.40. The van der Waals surface area contributed by atoms with Gasteiger partial charge < -0.3 is 15.2 Å². The molecule has 0 saturated heterocycles. The number of methoxy groups -OCH3 is 1. The molecule has 0 aliphatic heterocycles. The third-order valence-corrected chi connectivity index (χ3v) is 3.37. The Balaban J connectivity index is 1.76. The zero-order valence-electron chi connectivity index (χ0n) is 10.8. The largest absolute Gasteiger partial charge is 0.468 e. The first-order chi connectivity index (χ1) is 9.06. The van der Waals surface area contributed by atoms with E-state index in [9.17, 15) is 9.59 Å². The number of nitrogens with two attached hydrogens (primary N) is 1. The molecule has 1 aliphatic rings. The Hall–Kier alpha value is -1.88. The zero-order chi connectivity index (χ0) is 13.9. The molecule has 0 radical (unpaired) electrons. The highest BCUT2D eigenvalue weighted by atomic mass is 16.5. The van der Waals surface area contributed by atoms with Crippen LogP contribution in [0.25, 0.3) is 0 Å². The number of rotatable bonds is 5. The van der Waals surface area contributed by atoms with Crippen LogP contribution in [0.15, 0.2) is 30.3 Å². The number of carbonyl (C=O) groups is 2. The first kappa shape index (κ1) is 13.5. The van der Waals surface area contributed by atoms with E-state index >= 15 is 0 Å². The first-order valence-corrected chi connectivity index (χ1v) is 6.13. The third-order valence-electron chi connectivity index (χ3n) is 3.37. The van der Waals surface area contributed by atoms with Crippen molar-refractivity contribution in [2.75, 3.05) is 7.11 Å². The summed E-state index contributed by atoms with van der Waals surface area (Å²) in [6.07, 6.45) is 0.624. The van der Waals surface area contributed by atoms with Gasteiger partial charge in [0.15, 0.2) is 0 Å². The molecule has 19 heavy (non-hydrogen) atoms. The minimum Gasteiger partial charge on any atom is -0.468 e. The van der Waals surface area contributed by atoms with Crippen molar-refractivity contribution >= 4 is 11.9 Å². The van der Waals surface area contributed by atoms with Crippen LogP contribution in [0.2, 0.25) is 0 Å². The van der Waals surface area contributed by atoms with Gasteiger partial charge in [-0.05, 0) is 12.0 Å². The lowest BCUT2D eigenvalue weighted by Crippen LogP contribution is -2.36. The normalized spacial score (nSPS) is 24.6. The summed E-state index contributed by atoms with van der Waals surface area (Å²) in [6, 6.07) is 9.42. The van der Waals surface area contributed by atoms with E-state index in [1.165, 1.54) is 7.11 Å². The van der Waals surface area contributed by atoms with Gasteiger partial charge in [0.2, 0.25) is 0 Å². The topological polar surface area (TPSA) is 78.6 Å². The molecule has 2 N–H and O–H groups in total. The Kier molecular flexibility index (Phi) is 3.85. The van der Waals surface area contributed by atoms with E-state index < -0.39 is 11.5 Å². The van der Waals surface area contributed by atoms with E-state index in [2.05, 4.69) is 4.74 Å². The second-order valence-corrected chi connectivity index (χ2v) is 4.78. The van der Waals surface area contributed by atoms with Crippen LogP contribution >= 0.6 is 0 Å². The van der Waals surface area contributed by atoms with Crippen molar-refractivity contribution in [3.05, 3.63) is 35.9 Å². The van der Waals surface area contributed by atoms with E-state index in [-0.39, 0.29) is 24.9 Å². The van der Waals surface area contributed by atoms with Crippen molar-refractivity contribution in [3.8, 4) is 0 Å². The summed E-state index contributed by atoms with van der Waals surface area (Å²) in [5.74, 6) is -0.985. The predicted octanol–water partition coefficient (Wildman–Crippen LogP) is 1.01. The summed E-state index contributed by atoms with van der Waals surface area (Å²) < 4.78 is 9.74. The number of carbonyl (C=O) groups excluding carboxylic acids is 2. The van der Waals surface area contributed by atoms with E-state index in [0.29, 0.717) is 6.42 Å². The Labute approximate surface area is 111 Å².